The van der Waals surface area contributed by atoms with Crippen LogP contribution in [0, 0.1) is 12.7 Å². The van der Waals surface area contributed by atoms with E-state index in [0.717, 1.165) is 5.56 Å². The van der Waals surface area contributed by atoms with Crippen molar-refractivity contribution in [3.8, 4) is 17.1 Å². The number of aryl methyl sites for hydroxylation is 1. The van der Waals surface area contributed by atoms with Gasteiger partial charge in [0, 0.05) is 12.1 Å². The summed E-state index contributed by atoms with van der Waals surface area (Å²) in [7, 11) is 1.86. The molecule has 0 amide bonds. The number of halogens is 3. The van der Waals surface area contributed by atoms with Gasteiger partial charge in [0.2, 0.25) is 11.7 Å². The van der Waals surface area contributed by atoms with Crippen LogP contribution in [0.4, 0.5) is 13.2 Å². The highest BCUT2D eigenvalue weighted by Crippen LogP contribution is 2.20. The van der Waals surface area contributed by atoms with Gasteiger partial charge in [0.25, 0.3) is 0 Å². The van der Waals surface area contributed by atoms with Gasteiger partial charge in [0.15, 0.2) is 0 Å². The van der Waals surface area contributed by atoms with E-state index in [9.17, 15) is 13.2 Å². The van der Waals surface area contributed by atoms with Crippen molar-refractivity contribution in [2.75, 3.05) is 7.05 Å². The van der Waals surface area contributed by atoms with Crippen LogP contribution in [0.5, 0.6) is 5.75 Å². The van der Waals surface area contributed by atoms with Crippen LogP contribution in [0.3, 0.4) is 0 Å². The van der Waals surface area contributed by atoms with E-state index in [-0.39, 0.29) is 11.6 Å². The fourth-order valence-corrected chi connectivity index (χ4v) is 2.54. The quantitative estimate of drug-likeness (QED) is 0.610. The Balaban J connectivity index is 1.60. The maximum Gasteiger partial charge on any atom is 0.387 e. The van der Waals surface area contributed by atoms with Crippen molar-refractivity contribution in [1.82, 2.24) is 15.0 Å². The SMILES string of the molecule is Cc1ccc(-c2noc(CN(C)Cc3ccc(OC(F)F)cc3)n2)cc1F. The van der Waals surface area contributed by atoms with E-state index in [0.29, 0.717) is 35.9 Å². The Labute approximate surface area is 154 Å². The first-order chi connectivity index (χ1) is 12.9. The zero-order valence-corrected chi connectivity index (χ0v) is 14.8. The van der Waals surface area contributed by atoms with E-state index in [1.54, 1.807) is 31.2 Å². The summed E-state index contributed by atoms with van der Waals surface area (Å²) >= 11 is 0. The molecule has 8 heteroatoms. The first-order valence-corrected chi connectivity index (χ1v) is 8.22. The summed E-state index contributed by atoms with van der Waals surface area (Å²) in [5.41, 5.74) is 2.01. The van der Waals surface area contributed by atoms with Crippen LogP contribution < -0.4 is 4.74 Å². The highest BCUT2D eigenvalue weighted by molar-refractivity contribution is 5.54. The molecular weight excluding hydrogens is 359 g/mol. The van der Waals surface area contributed by atoms with E-state index in [4.69, 9.17) is 4.52 Å². The lowest BCUT2D eigenvalue weighted by atomic mass is 10.1. The molecule has 0 aliphatic carbocycles. The van der Waals surface area contributed by atoms with Crippen LogP contribution in [-0.4, -0.2) is 28.7 Å². The fraction of sp³-hybridized carbons (Fsp3) is 0.263. The minimum Gasteiger partial charge on any atom is -0.435 e. The number of alkyl halides is 2. The van der Waals surface area contributed by atoms with Gasteiger partial charge in [-0.3, -0.25) is 4.90 Å². The van der Waals surface area contributed by atoms with Crippen molar-refractivity contribution in [3.63, 3.8) is 0 Å². The second-order valence-corrected chi connectivity index (χ2v) is 6.17. The Morgan fingerprint density at radius 2 is 1.85 bits per heavy atom. The van der Waals surface area contributed by atoms with E-state index in [1.165, 1.54) is 18.2 Å². The maximum atomic E-state index is 13.7. The monoisotopic (exact) mass is 377 g/mol. The van der Waals surface area contributed by atoms with Gasteiger partial charge in [-0.15, -0.1) is 0 Å². The standard InChI is InChI=1S/C19H18F3N3O2/c1-12-3-6-14(9-16(12)20)18-23-17(27-24-18)11-25(2)10-13-4-7-15(8-5-13)26-19(21)22/h3-9,19H,10-11H2,1-2H3. The Kier molecular flexibility index (Phi) is 5.75. The minimum absolute atomic E-state index is 0.114. The highest BCUT2D eigenvalue weighted by Gasteiger charge is 2.12. The van der Waals surface area contributed by atoms with Gasteiger partial charge < -0.3 is 9.26 Å². The smallest absolute Gasteiger partial charge is 0.387 e. The molecule has 1 heterocycles. The van der Waals surface area contributed by atoms with Crippen LogP contribution in [0.15, 0.2) is 47.0 Å². The first-order valence-electron chi connectivity index (χ1n) is 8.22. The predicted octanol–water partition coefficient (Wildman–Crippen LogP) is 4.42. The van der Waals surface area contributed by atoms with Crippen molar-refractivity contribution in [3.05, 3.63) is 65.3 Å². The molecular formula is C19H18F3N3O2. The van der Waals surface area contributed by atoms with Gasteiger partial charge in [-0.1, -0.05) is 29.4 Å². The zero-order chi connectivity index (χ0) is 19.4. The summed E-state index contributed by atoms with van der Waals surface area (Å²) in [5.74, 6) is 0.510. The topological polar surface area (TPSA) is 51.4 Å². The van der Waals surface area contributed by atoms with E-state index >= 15 is 0 Å². The Hall–Kier alpha value is -2.87. The summed E-state index contributed by atoms with van der Waals surface area (Å²) < 4.78 is 47.6. The predicted molar refractivity (Wildman–Crippen MR) is 92.7 cm³/mol. The third-order valence-corrected chi connectivity index (χ3v) is 3.90. The number of hydrogen-bond donors (Lipinski definition) is 0. The van der Waals surface area contributed by atoms with Crippen molar-refractivity contribution in [1.29, 1.82) is 0 Å². The van der Waals surface area contributed by atoms with Crippen molar-refractivity contribution < 1.29 is 22.4 Å². The number of rotatable bonds is 7. The molecule has 0 unspecified atom stereocenters. The summed E-state index contributed by atoms with van der Waals surface area (Å²) in [4.78, 5) is 6.22. The van der Waals surface area contributed by atoms with Gasteiger partial charge in [-0.05, 0) is 43.3 Å². The van der Waals surface area contributed by atoms with Crippen LogP contribution in [-0.2, 0) is 13.1 Å². The molecule has 0 spiro atoms. The average Bonchev–Trinajstić information content (AvgIpc) is 3.07. The zero-order valence-electron chi connectivity index (χ0n) is 14.8. The molecule has 0 saturated heterocycles. The molecule has 0 fully saturated rings. The third kappa shape index (κ3) is 5.07. The number of ether oxygens (including phenoxy) is 1. The minimum atomic E-state index is -2.84. The molecule has 0 aliphatic rings. The lowest BCUT2D eigenvalue weighted by molar-refractivity contribution is -0.0498. The largest absolute Gasteiger partial charge is 0.435 e. The summed E-state index contributed by atoms with van der Waals surface area (Å²) in [6.07, 6.45) is 0. The maximum absolute atomic E-state index is 13.7. The molecule has 3 aromatic rings. The number of benzene rings is 2. The van der Waals surface area contributed by atoms with Crippen LogP contribution in [0.25, 0.3) is 11.4 Å². The van der Waals surface area contributed by atoms with Crippen molar-refractivity contribution in [2.24, 2.45) is 0 Å². The van der Waals surface area contributed by atoms with Crippen LogP contribution in [0.2, 0.25) is 0 Å². The molecule has 0 N–H and O–H groups in total. The van der Waals surface area contributed by atoms with Crippen LogP contribution >= 0.6 is 0 Å². The number of nitrogens with zero attached hydrogens (tertiary/aromatic N) is 3. The molecule has 0 aliphatic heterocycles. The van der Waals surface area contributed by atoms with Crippen molar-refractivity contribution in [2.45, 2.75) is 26.6 Å². The fourth-order valence-electron chi connectivity index (χ4n) is 2.54. The second-order valence-electron chi connectivity index (χ2n) is 6.17. The average molecular weight is 377 g/mol. The molecule has 0 saturated carbocycles. The highest BCUT2D eigenvalue weighted by atomic mass is 19.3. The normalized spacial score (nSPS) is 11.4. The number of aromatic nitrogens is 2. The second kappa shape index (κ2) is 8.22. The summed E-state index contributed by atoms with van der Waals surface area (Å²) in [5, 5.41) is 3.89. The van der Waals surface area contributed by atoms with Gasteiger partial charge in [-0.25, -0.2) is 4.39 Å². The molecule has 3 rings (SSSR count). The third-order valence-electron chi connectivity index (χ3n) is 3.90. The molecule has 27 heavy (non-hydrogen) atoms. The summed E-state index contributed by atoms with van der Waals surface area (Å²) in [6.45, 7) is -0.225. The Morgan fingerprint density at radius 3 is 2.52 bits per heavy atom. The van der Waals surface area contributed by atoms with E-state index in [1.807, 2.05) is 11.9 Å². The summed E-state index contributed by atoms with van der Waals surface area (Å²) in [6, 6.07) is 11.2. The molecule has 0 radical (unpaired) electrons. The lowest BCUT2D eigenvalue weighted by Gasteiger charge is -2.14. The molecule has 142 valence electrons. The van der Waals surface area contributed by atoms with Gasteiger partial charge >= 0.3 is 6.61 Å². The molecule has 1 aromatic heterocycles. The van der Waals surface area contributed by atoms with Crippen molar-refractivity contribution >= 4 is 0 Å². The Morgan fingerprint density at radius 1 is 1.11 bits per heavy atom. The van der Waals surface area contributed by atoms with Gasteiger partial charge in [-0.2, -0.15) is 13.8 Å². The lowest BCUT2D eigenvalue weighted by Crippen LogP contribution is -2.17. The molecule has 2 aromatic carbocycles. The Bertz CT molecular complexity index is 897. The van der Waals surface area contributed by atoms with Gasteiger partial charge in [0.1, 0.15) is 11.6 Å². The number of hydrogen-bond acceptors (Lipinski definition) is 5. The van der Waals surface area contributed by atoms with E-state index in [2.05, 4.69) is 14.9 Å². The molecule has 0 bridgehead atoms. The molecule has 5 nitrogen and oxygen atoms in total. The van der Waals surface area contributed by atoms with Crippen LogP contribution in [0.1, 0.15) is 17.0 Å². The van der Waals surface area contributed by atoms with E-state index < -0.39 is 6.61 Å². The van der Waals surface area contributed by atoms with Gasteiger partial charge in [0.05, 0.1) is 6.54 Å². The molecule has 0 atom stereocenters. The first kappa shape index (κ1) is 18.9.